The number of carbonyl (C=O) groups is 1. The molecule has 0 unspecified atom stereocenters. The highest BCUT2D eigenvalue weighted by molar-refractivity contribution is 6.04. The van der Waals surface area contributed by atoms with Crippen LogP contribution in [0.3, 0.4) is 0 Å². The van der Waals surface area contributed by atoms with Gasteiger partial charge in [0, 0.05) is 73.8 Å². The quantitative estimate of drug-likeness (QED) is 0.369. The van der Waals surface area contributed by atoms with Crippen molar-refractivity contribution in [1.82, 2.24) is 24.8 Å². The van der Waals surface area contributed by atoms with Crippen molar-refractivity contribution in [3.63, 3.8) is 0 Å². The van der Waals surface area contributed by atoms with Gasteiger partial charge in [-0.25, -0.2) is 9.97 Å². The Kier molecular flexibility index (Phi) is 7.87. The molecule has 9 heteroatoms. The molecule has 4 aromatic rings. The predicted molar refractivity (Wildman–Crippen MR) is 152 cm³/mol. The number of rotatable bonds is 7. The third kappa shape index (κ3) is 6.44. The van der Waals surface area contributed by atoms with Crippen LogP contribution < -0.4 is 10.6 Å². The molecule has 0 spiro atoms. The van der Waals surface area contributed by atoms with Gasteiger partial charge < -0.3 is 15.5 Å². The number of amides is 1. The van der Waals surface area contributed by atoms with Crippen molar-refractivity contribution in [3.8, 4) is 17.3 Å². The molecule has 196 valence electrons. The monoisotopic (exact) mass is 518 g/mol. The van der Waals surface area contributed by atoms with E-state index in [0.717, 1.165) is 54.3 Å². The highest BCUT2D eigenvalue weighted by Crippen LogP contribution is 2.25. The first-order valence-electron chi connectivity index (χ1n) is 12.8. The molecular formula is C30H30N8O. The van der Waals surface area contributed by atoms with Crippen molar-refractivity contribution in [2.45, 2.75) is 13.5 Å². The van der Waals surface area contributed by atoms with Gasteiger partial charge in [0.05, 0.1) is 17.3 Å². The number of aromatic nitrogens is 3. The summed E-state index contributed by atoms with van der Waals surface area (Å²) in [6.07, 6.45) is 5.17. The SMILES string of the molecule is Cc1ccc(NC(=O)c2ccc(CN3CCN(C)CC3)c(C#N)c2)cc1Nc1nccc(-c2cccnc2)n1. The van der Waals surface area contributed by atoms with E-state index in [4.69, 9.17) is 0 Å². The van der Waals surface area contributed by atoms with Crippen molar-refractivity contribution >= 4 is 23.2 Å². The van der Waals surface area contributed by atoms with Gasteiger partial charge in [-0.15, -0.1) is 0 Å². The fourth-order valence-corrected chi connectivity index (χ4v) is 4.46. The topological polar surface area (TPSA) is 110 Å². The minimum Gasteiger partial charge on any atom is -0.324 e. The molecule has 0 bridgehead atoms. The van der Waals surface area contributed by atoms with Crippen molar-refractivity contribution in [2.24, 2.45) is 0 Å². The van der Waals surface area contributed by atoms with Gasteiger partial charge >= 0.3 is 0 Å². The van der Waals surface area contributed by atoms with Crippen LogP contribution in [0.15, 0.2) is 73.2 Å². The van der Waals surface area contributed by atoms with Crippen LogP contribution in [0.4, 0.5) is 17.3 Å². The number of anilines is 3. The second-order valence-corrected chi connectivity index (χ2v) is 9.68. The first-order valence-corrected chi connectivity index (χ1v) is 12.8. The van der Waals surface area contributed by atoms with E-state index >= 15 is 0 Å². The van der Waals surface area contributed by atoms with E-state index in [2.05, 4.69) is 48.5 Å². The molecule has 9 nitrogen and oxygen atoms in total. The Balaban J connectivity index is 1.28. The summed E-state index contributed by atoms with van der Waals surface area (Å²) < 4.78 is 0. The largest absolute Gasteiger partial charge is 0.324 e. The summed E-state index contributed by atoms with van der Waals surface area (Å²) in [5.41, 5.74) is 5.93. The van der Waals surface area contributed by atoms with E-state index in [1.54, 1.807) is 30.7 Å². The third-order valence-electron chi connectivity index (χ3n) is 6.84. The zero-order chi connectivity index (χ0) is 27.2. The van der Waals surface area contributed by atoms with E-state index in [-0.39, 0.29) is 5.91 Å². The van der Waals surface area contributed by atoms with E-state index in [0.29, 0.717) is 29.3 Å². The number of aryl methyl sites for hydroxylation is 1. The van der Waals surface area contributed by atoms with Crippen molar-refractivity contribution < 1.29 is 4.79 Å². The van der Waals surface area contributed by atoms with Gasteiger partial charge in [0.1, 0.15) is 0 Å². The van der Waals surface area contributed by atoms with Crippen LogP contribution >= 0.6 is 0 Å². The average molecular weight is 519 g/mol. The minimum absolute atomic E-state index is 0.276. The van der Waals surface area contributed by atoms with Crippen LogP contribution in [0.1, 0.15) is 27.0 Å². The number of nitrogens with one attached hydrogen (secondary N) is 2. The van der Waals surface area contributed by atoms with Gasteiger partial charge in [0.2, 0.25) is 5.95 Å². The van der Waals surface area contributed by atoms with Crippen LogP contribution in [0, 0.1) is 18.3 Å². The number of hydrogen-bond donors (Lipinski definition) is 2. The summed E-state index contributed by atoms with van der Waals surface area (Å²) in [6, 6.07) is 18.9. The van der Waals surface area contributed by atoms with Gasteiger partial charge in [0.25, 0.3) is 5.91 Å². The molecule has 5 rings (SSSR count). The van der Waals surface area contributed by atoms with E-state index in [9.17, 15) is 10.1 Å². The smallest absolute Gasteiger partial charge is 0.255 e. The summed E-state index contributed by atoms with van der Waals surface area (Å²) >= 11 is 0. The number of benzene rings is 2. The lowest BCUT2D eigenvalue weighted by atomic mass is 10.0. The zero-order valence-corrected chi connectivity index (χ0v) is 22.1. The second kappa shape index (κ2) is 11.8. The van der Waals surface area contributed by atoms with Crippen LogP contribution in [0.2, 0.25) is 0 Å². The number of pyridine rings is 1. The van der Waals surface area contributed by atoms with Crippen LogP contribution in [-0.4, -0.2) is 63.9 Å². The number of piperazine rings is 1. The lowest BCUT2D eigenvalue weighted by Gasteiger charge is -2.32. The fourth-order valence-electron chi connectivity index (χ4n) is 4.46. The van der Waals surface area contributed by atoms with E-state index in [1.807, 2.05) is 49.4 Å². The van der Waals surface area contributed by atoms with Crippen molar-refractivity contribution in [1.29, 1.82) is 5.26 Å². The van der Waals surface area contributed by atoms with Gasteiger partial charge in [0.15, 0.2) is 0 Å². The maximum absolute atomic E-state index is 13.1. The molecule has 1 aliphatic heterocycles. The highest BCUT2D eigenvalue weighted by Gasteiger charge is 2.17. The predicted octanol–water partition coefficient (Wildman–Crippen LogP) is 4.46. The molecule has 1 saturated heterocycles. The van der Waals surface area contributed by atoms with Crippen molar-refractivity contribution in [2.75, 3.05) is 43.9 Å². The standard InChI is InChI=1S/C30H30N8O/c1-21-5-8-26(17-28(21)36-30-33-11-9-27(35-30)23-4-3-10-32-19-23)34-29(39)22-6-7-24(25(16-22)18-31)20-38-14-12-37(2)13-15-38/h3-11,16-17,19H,12-15,20H2,1-2H3,(H,34,39)(H,33,35,36). The second-order valence-electron chi connectivity index (χ2n) is 9.68. The van der Waals surface area contributed by atoms with E-state index < -0.39 is 0 Å². The zero-order valence-electron chi connectivity index (χ0n) is 22.1. The Morgan fingerprint density at radius 1 is 1.05 bits per heavy atom. The molecule has 1 amide bonds. The molecule has 0 aliphatic carbocycles. The van der Waals surface area contributed by atoms with Crippen LogP contribution in [0.5, 0.6) is 0 Å². The molecule has 2 aromatic heterocycles. The molecule has 1 fully saturated rings. The number of nitrogens with zero attached hydrogens (tertiary/aromatic N) is 6. The van der Waals surface area contributed by atoms with Gasteiger partial charge in [-0.1, -0.05) is 12.1 Å². The number of nitriles is 1. The summed E-state index contributed by atoms with van der Waals surface area (Å²) in [5.74, 6) is 0.166. The molecule has 0 saturated carbocycles. The molecule has 1 aliphatic rings. The normalized spacial score (nSPS) is 14.0. The third-order valence-corrected chi connectivity index (χ3v) is 6.84. The Morgan fingerprint density at radius 2 is 1.90 bits per heavy atom. The Bertz CT molecular complexity index is 1510. The summed E-state index contributed by atoms with van der Waals surface area (Å²) in [5, 5.41) is 16.0. The Labute approximate surface area is 228 Å². The highest BCUT2D eigenvalue weighted by atomic mass is 16.1. The molecular weight excluding hydrogens is 488 g/mol. The fraction of sp³-hybridized carbons (Fsp3) is 0.233. The number of hydrogen-bond acceptors (Lipinski definition) is 8. The molecule has 2 aromatic carbocycles. The lowest BCUT2D eigenvalue weighted by molar-refractivity contribution is 0.102. The van der Waals surface area contributed by atoms with Gasteiger partial charge in [-0.2, -0.15) is 5.26 Å². The number of likely N-dealkylation sites (N-methyl/N-ethyl adjacent to an activating group) is 1. The maximum Gasteiger partial charge on any atom is 0.255 e. The maximum atomic E-state index is 13.1. The van der Waals surface area contributed by atoms with E-state index in [1.165, 1.54) is 0 Å². The molecule has 39 heavy (non-hydrogen) atoms. The summed E-state index contributed by atoms with van der Waals surface area (Å²) in [7, 11) is 2.12. The van der Waals surface area contributed by atoms with Crippen LogP contribution in [0.25, 0.3) is 11.3 Å². The summed E-state index contributed by atoms with van der Waals surface area (Å²) in [6.45, 7) is 6.63. The first-order chi connectivity index (χ1) is 19.0. The van der Waals surface area contributed by atoms with Gasteiger partial charge in [-0.05, 0) is 67.6 Å². The molecule has 0 atom stereocenters. The molecule has 3 heterocycles. The Hall–Kier alpha value is -4.65. The van der Waals surface area contributed by atoms with Gasteiger partial charge in [-0.3, -0.25) is 14.7 Å². The lowest BCUT2D eigenvalue weighted by Crippen LogP contribution is -2.43. The minimum atomic E-state index is -0.276. The molecule has 2 N–H and O–H groups in total. The number of carbonyl (C=O) groups excluding carboxylic acids is 1. The Morgan fingerprint density at radius 3 is 2.67 bits per heavy atom. The molecule has 0 radical (unpaired) electrons. The van der Waals surface area contributed by atoms with Crippen molar-refractivity contribution in [3.05, 3.63) is 95.4 Å². The van der Waals surface area contributed by atoms with Crippen LogP contribution in [-0.2, 0) is 6.54 Å². The first kappa shape index (κ1) is 26.0. The average Bonchev–Trinajstić information content (AvgIpc) is 2.97. The summed E-state index contributed by atoms with van der Waals surface area (Å²) in [4.78, 5) is 30.8.